The minimum atomic E-state index is 0.834. The van der Waals surface area contributed by atoms with Gasteiger partial charge in [0.25, 0.3) is 0 Å². The van der Waals surface area contributed by atoms with Crippen LogP contribution in [0.4, 0.5) is 11.4 Å². The Labute approximate surface area is 136 Å². The first-order chi connectivity index (χ1) is 11.4. The maximum absolute atomic E-state index is 4.98. The Balaban J connectivity index is 2.03. The lowest BCUT2D eigenvalue weighted by atomic mass is 10.1. The molecule has 3 nitrogen and oxygen atoms in total. The Morgan fingerprint density at radius 2 is 1.65 bits per heavy atom. The molecule has 0 fully saturated rings. The van der Waals surface area contributed by atoms with Crippen LogP contribution in [-0.4, -0.2) is 17.4 Å². The van der Waals surface area contributed by atoms with Crippen molar-refractivity contribution >= 4 is 17.2 Å². The minimum absolute atomic E-state index is 0.834. The molecule has 3 heteroatoms. The van der Waals surface area contributed by atoms with Gasteiger partial charge in [-0.1, -0.05) is 48.5 Å². The van der Waals surface area contributed by atoms with Gasteiger partial charge < -0.3 is 4.90 Å². The van der Waals surface area contributed by atoms with Gasteiger partial charge in [-0.05, 0) is 25.1 Å². The lowest BCUT2D eigenvalue weighted by molar-refractivity contribution is 1.05. The van der Waals surface area contributed by atoms with Gasteiger partial charge in [-0.3, -0.25) is 4.98 Å². The topological polar surface area (TPSA) is 28.5 Å². The second-order valence-electron chi connectivity index (χ2n) is 5.43. The molecule has 1 aliphatic rings. The Morgan fingerprint density at radius 3 is 2.48 bits per heavy atom. The van der Waals surface area contributed by atoms with Gasteiger partial charge in [0.05, 0.1) is 17.1 Å². The molecule has 0 spiro atoms. The fourth-order valence-corrected chi connectivity index (χ4v) is 3.01. The molecule has 1 aromatic heterocycles. The van der Waals surface area contributed by atoms with Crippen LogP contribution in [0.1, 0.15) is 12.5 Å². The molecule has 0 bridgehead atoms. The summed E-state index contributed by atoms with van der Waals surface area (Å²) < 4.78 is 0. The Morgan fingerprint density at radius 1 is 0.870 bits per heavy atom. The number of fused-ring (bicyclic) bond motifs is 3. The summed E-state index contributed by atoms with van der Waals surface area (Å²) in [4.78, 5) is 11.8. The Kier molecular flexibility index (Phi) is 3.39. The van der Waals surface area contributed by atoms with Crippen molar-refractivity contribution < 1.29 is 0 Å². The fraction of sp³-hybridized carbons (Fsp3) is 0.100. The van der Waals surface area contributed by atoms with E-state index in [2.05, 4.69) is 47.1 Å². The molecule has 0 radical (unpaired) electrons. The van der Waals surface area contributed by atoms with Gasteiger partial charge in [-0.25, -0.2) is 4.99 Å². The second-order valence-corrected chi connectivity index (χ2v) is 5.43. The molecule has 0 N–H and O–H groups in total. The Bertz CT molecular complexity index is 869. The molecular weight excluding hydrogens is 282 g/mol. The number of para-hydroxylation sites is 1. The zero-order chi connectivity index (χ0) is 15.6. The van der Waals surface area contributed by atoms with E-state index in [0.717, 1.165) is 40.6 Å². The zero-order valence-corrected chi connectivity index (χ0v) is 13.0. The van der Waals surface area contributed by atoms with Crippen molar-refractivity contribution in [3.05, 3.63) is 78.5 Å². The van der Waals surface area contributed by atoms with Crippen LogP contribution in [0.5, 0.6) is 0 Å². The van der Waals surface area contributed by atoms with E-state index >= 15 is 0 Å². The molecule has 0 amide bonds. The lowest BCUT2D eigenvalue weighted by Gasteiger charge is -2.24. The molecule has 0 aliphatic carbocycles. The van der Waals surface area contributed by atoms with Crippen molar-refractivity contribution in [1.82, 2.24) is 4.98 Å². The van der Waals surface area contributed by atoms with Crippen molar-refractivity contribution in [2.45, 2.75) is 6.92 Å². The number of amidine groups is 1. The highest BCUT2D eigenvalue weighted by Crippen LogP contribution is 2.39. The van der Waals surface area contributed by atoms with Crippen LogP contribution in [0.3, 0.4) is 0 Å². The first-order valence-corrected chi connectivity index (χ1v) is 7.84. The summed E-state index contributed by atoms with van der Waals surface area (Å²) in [6, 6.07) is 22.6. The third-order valence-electron chi connectivity index (χ3n) is 4.07. The third-order valence-corrected chi connectivity index (χ3v) is 4.07. The molecule has 0 saturated carbocycles. The Hall–Kier alpha value is -2.94. The first kappa shape index (κ1) is 13.7. The van der Waals surface area contributed by atoms with Crippen LogP contribution in [0.25, 0.3) is 11.3 Å². The number of rotatable bonds is 2. The highest BCUT2D eigenvalue weighted by atomic mass is 15.2. The molecule has 2 aromatic carbocycles. The summed E-state index contributed by atoms with van der Waals surface area (Å²) in [6.07, 6.45) is 1.84. The minimum Gasteiger partial charge on any atom is -0.324 e. The van der Waals surface area contributed by atoms with E-state index in [1.54, 1.807) is 0 Å². The molecular formula is C20H17N3. The number of hydrogen-bond acceptors (Lipinski definition) is 3. The monoisotopic (exact) mass is 299 g/mol. The number of hydrogen-bond donors (Lipinski definition) is 0. The fourth-order valence-electron chi connectivity index (χ4n) is 3.01. The zero-order valence-electron chi connectivity index (χ0n) is 13.0. The van der Waals surface area contributed by atoms with E-state index in [1.807, 2.05) is 42.6 Å². The maximum Gasteiger partial charge on any atom is 0.141 e. The van der Waals surface area contributed by atoms with Crippen molar-refractivity contribution in [2.75, 3.05) is 11.4 Å². The number of aromatic nitrogens is 1. The summed E-state index contributed by atoms with van der Waals surface area (Å²) in [7, 11) is 0. The van der Waals surface area contributed by atoms with Crippen LogP contribution < -0.4 is 4.90 Å². The van der Waals surface area contributed by atoms with Crippen molar-refractivity contribution in [3.63, 3.8) is 0 Å². The second kappa shape index (κ2) is 5.69. The van der Waals surface area contributed by atoms with Crippen molar-refractivity contribution in [2.24, 2.45) is 4.99 Å². The molecule has 3 aromatic rings. The lowest BCUT2D eigenvalue weighted by Crippen LogP contribution is -2.31. The normalized spacial score (nSPS) is 12.9. The highest BCUT2D eigenvalue weighted by Gasteiger charge is 2.23. The summed E-state index contributed by atoms with van der Waals surface area (Å²) in [5, 5.41) is 0. The van der Waals surface area contributed by atoms with Gasteiger partial charge >= 0.3 is 0 Å². The summed E-state index contributed by atoms with van der Waals surface area (Å²) in [5.74, 6) is 0.965. The van der Waals surface area contributed by atoms with E-state index in [-0.39, 0.29) is 0 Å². The van der Waals surface area contributed by atoms with Gasteiger partial charge in [0.1, 0.15) is 5.84 Å². The van der Waals surface area contributed by atoms with Gasteiger partial charge in [0.15, 0.2) is 0 Å². The van der Waals surface area contributed by atoms with E-state index in [1.165, 1.54) is 0 Å². The highest BCUT2D eigenvalue weighted by molar-refractivity contribution is 6.14. The smallest absolute Gasteiger partial charge is 0.141 e. The number of aliphatic imine (C=N–C) groups is 1. The van der Waals surface area contributed by atoms with Gasteiger partial charge in [0, 0.05) is 23.9 Å². The molecule has 2 heterocycles. The van der Waals surface area contributed by atoms with Crippen LogP contribution in [-0.2, 0) is 0 Å². The van der Waals surface area contributed by atoms with Gasteiger partial charge in [0.2, 0.25) is 0 Å². The van der Waals surface area contributed by atoms with Gasteiger partial charge in [-0.15, -0.1) is 0 Å². The molecule has 0 unspecified atom stereocenters. The van der Waals surface area contributed by atoms with Crippen LogP contribution in [0.15, 0.2) is 77.9 Å². The average Bonchev–Trinajstić information content (AvgIpc) is 2.77. The third kappa shape index (κ3) is 2.30. The van der Waals surface area contributed by atoms with E-state index < -0.39 is 0 Å². The number of benzene rings is 2. The predicted octanol–water partition coefficient (Wildman–Crippen LogP) is 4.67. The quantitative estimate of drug-likeness (QED) is 0.688. The van der Waals surface area contributed by atoms with Crippen LogP contribution in [0.2, 0.25) is 0 Å². The van der Waals surface area contributed by atoms with Gasteiger partial charge in [-0.2, -0.15) is 0 Å². The molecule has 112 valence electrons. The van der Waals surface area contributed by atoms with Crippen LogP contribution in [0, 0.1) is 0 Å². The number of anilines is 1. The first-order valence-electron chi connectivity index (χ1n) is 7.84. The van der Waals surface area contributed by atoms with Crippen molar-refractivity contribution in [3.8, 4) is 11.3 Å². The standard InChI is InChI=1S/C20H17N3/c1-2-23-18-13-8-14-21-19(18)16-11-6-7-12-17(16)22-20(23)15-9-4-3-5-10-15/h3-14H,2H2,1H3. The predicted molar refractivity (Wildman–Crippen MR) is 95.3 cm³/mol. The van der Waals surface area contributed by atoms with E-state index in [9.17, 15) is 0 Å². The van der Waals surface area contributed by atoms with E-state index in [4.69, 9.17) is 4.99 Å². The molecule has 0 saturated heterocycles. The molecule has 4 rings (SSSR count). The van der Waals surface area contributed by atoms with Crippen molar-refractivity contribution in [1.29, 1.82) is 0 Å². The average molecular weight is 299 g/mol. The molecule has 0 atom stereocenters. The van der Waals surface area contributed by atoms with Crippen LogP contribution >= 0.6 is 0 Å². The summed E-state index contributed by atoms with van der Waals surface area (Å²) in [5.41, 5.74) is 5.23. The molecule has 1 aliphatic heterocycles. The largest absolute Gasteiger partial charge is 0.324 e. The SMILES string of the molecule is CCN1C(c2ccccc2)=Nc2ccccc2-c2ncccc21. The number of nitrogens with zero attached hydrogens (tertiary/aromatic N) is 3. The number of pyridine rings is 1. The summed E-state index contributed by atoms with van der Waals surface area (Å²) in [6.45, 7) is 2.98. The summed E-state index contributed by atoms with van der Waals surface area (Å²) >= 11 is 0. The van der Waals surface area contributed by atoms with E-state index in [0.29, 0.717) is 0 Å². The maximum atomic E-state index is 4.98. The molecule has 23 heavy (non-hydrogen) atoms.